The van der Waals surface area contributed by atoms with Crippen molar-refractivity contribution in [2.75, 3.05) is 6.26 Å². The zero-order chi connectivity index (χ0) is 10.1. The van der Waals surface area contributed by atoms with Gasteiger partial charge in [0.25, 0.3) is 5.56 Å². The molecular weight excluding hydrogens is 200 g/mol. The lowest BCUT2D eigenvalue weighted by atomic mass is 10.2. The minimum absolute atomic E-state index is 0.216. The zero-order valence-corrected chi connectivity index (χ0v) is 8.30. The summed E-state index contributed by atoms with van der Waals surface area (Å²) in [5, 5.41) is 0.732. The molecule has 5 heteroatoms. The Kier molecular flexibility index (Phi) is 2.17. The monoisotopic (exact) mass is 208 g/mol. The number of fused-ring (bicyclic) bond motifs is 1. The van der Waals surface area contributed by atoms with E-state index in [4.69, 9.17) is 0 Å². The third kappa shape index (κ3) is 1.46. The van der Waals surface area contributed by atoms with E-state index in [2.05, 4.69) is 9.97 Å². The smallest absolute Gasteiger partial charge is 0.259 e. The fourth-order valence-electron chi connectivity index (χ4n) is 1.20. The fraction of sp³-hybridized carbons (Fsp3) is 0.111. The maximum absolute atomic E-state index is 11.5. The van der Waals surface area contributed by atoms with Gasteiger partial charge in [0.2, 0.25) is 0 Å². The summed E-state index contributed by atoms with van der Waals surface area (Å²) in [6.45, 7) is 0. The highest BCUT2D eigenvalue weighted by molar-refractivity contribution is 7.84. The van der Waals surface area contributed by atoms with Gasteiger partial charge in [-0.15, -0.1) is 0 Å². The molecular formula is C9H8N2O2S. The van der Waals surface area contributed by atoms with Crippen molar-refractivity contribution in [3.63, 3.8) is 0 Å². The Bertz CT molecular complexity index is 562. The number of nitrogens with one attached hydrogen (secondary N) is 1. The first-order valence-electron chi connectivity index (χ1n) is 4.01. The SMILES string of the molecule is CS(=O)c1nc2ccccc2c(=O)[nH]1. The van der Waals surface area contributed by atoms with Crippen LogP contribution in [0.3, 0.4) is 0 Å². The molecule has 2 rings (SSSR count). The second-order valence-corrected chi connectivity index (χ2v) is 4.14. The van der Waals surface area contributed by atoms with Crippen LogP contribution >= 0.6 is 0 Å². The van der Waals surface area contributed by atoms with Crippen LogP contribution in [0.4, 0.5) is 0 Å². The van der Waals surface area contributed by atoms with E-state index >= 15 is 0 Å². The first-order chi connectivity index (χ1) is 6.68. The molecule has 1 aromatic carbocycles. The Morgan fingerprint density at radius 2 is 2.07 bits per heavy atom. The average Bonchev–Trinajstić information content (AvgIpc) is 2.17. The molecule has 0 amide bonds. The molecule has 0 spiro atoms. The summed E-state index contributed by atoms with van der Waals surface area (Å²) in [6, 6.07) is 6.96. The van der Waals surface area contributed by atoms with Crippen LogP contribution in [0.5, 0.6) is 0 Å². The molecule has 14 heavy (non-hydrogen) atoms. The van der Waals surface area contributed by atoms with E-state index in [-0.39, 0.29) is 10.7 Å². The van der Waals surface area contributed by atoms with E-state index in [0.717, 1.165) is 0 Å². The quantitative estimate of drug-likeness (QED) is 0.700. The van der Waals surface area contributed by atoms with Crippen LogP contribution < -0.4 is 5.56 Å². The summed E-state index contributed by atoms with van der Waals surface area (Å²) in [7, 11) is -1.26. The van der Waals surface area contributed by atoms with Crippen LogP contribution in [0.1, 0.15) is 0 Å². The lowest BCUT2D eigenvalue weighted by Gasteiger charge is -1.98. The number of aromatic nitrogens is 2. The van der Waals surface area contributed by atoms with Crippen LogP contribution in [0.15, 0.2) is 34.2 Å². The van der Waals surface area contributed by atoms with E-state index in [1.165, 1.54) is 6.26 Å². The normalized spacial score (nSPS) is 12.9. The minimum atomic E-state index is -1.26. The highest BCUT2D eigenvalue weighted by atomic mass is 32.2. The average molecular weight is 208 g/mol. The molecule has 0 fully saturated rings. The van der Waals surface area contributed by atoms with E-state index in [0.29, 0.717) is 10.9 Å². The lowest BCUT2D eigenvalue weighted by Crippen LogP contribution is -2.12. The van der Waals surface area contributed by atoms with E-state index in [1.807, 2.05) is 0 Å². The van der Waals surface area contributed by atoms with E-state index in [9.17, 15) is 9.00 Å². The van der Waals surface area contributed by atoms with Gasteiger partial charge in [-0.3, -0.25) is 14.0 Å². The van der Waals surface area contributed by atoms with Gasteiger partial charge in [-0.2, -0.15) is 0 Å². The predicted octanol–water partition coefficient (Wildman–Crippen LogP) is 0.661. The summed E-state index contributed by atoms with van der Waals surface area (Å²) >= 11 is 0. The van der Waals surface area contributed by atoms with Gasteiger partial charge in [-0.05, 0) is 12.1 Å². The molecule has 0 bridgehead atoms. The molecule has 1 aromatic heterocycles. The molecule has 0 aliphatic heterocycles. The summed E-state index contributed by atoms with van der Waals surface area (Å²) in [4.78, 5) is 18.0. The topological polar surface area (TPSA) is 62.8 Å². The van der Waals surface area contributed by atoms with Crippen LogP contribution in [0.25, 0.3) is 10.9 Å². The second kappa shape index (κ2) is 3.34. The molecule has 72 valence electrons. The Morgan fingerprint density at radius 1 is 1.36 bits per heavy atom. The summed E-state index contributed by atoms with van der Waals surface area (Å²) < 4.78 is 11.1. The third-order valence-electron chi connectivity index (χ3n) is 1.86. The number of H-pyrrole nitrogens is 1. The van der Waals surface area contributed by atoms with Crippen molar-refractivity contribution < 1.29 is 4.21 Å². The maximum Gasteiger partial charge on any atom is 0.259 e. The highest BCUT2D eigenvalue weighted by Gasteiger charge is 2.04. The molecule has 1 atom stereocenters. The first kappa shape index (κ1) is 9.08. The highest BCUT2D eigenvalue weighted by Crippen LogP contribution is 2.06. The molecule has 1 unspecified atom stereocenters. The van der Waals surface area contributed by atoms with Crippen LogP contribution in [-0.4, -0.2) is 20.4 Å². The Labute approximate surface area is 82.5 Å². The van der Waals surface area contributed by atoms with Crippen molar-refractivity contribution in [3.8, 4) is 0 Å². The molecule has 1 heterocycles. The van der Waals surface area contributed by atoms with Crippen LogP contribution in [0, 0.1) is 0 Å². The Hall–Kier alpha value is -1.49. The number of para-hydroxylation sites is 1. The third-order valence-corrected chi connectivity index (χ3v) is 2.60. The molecule has 4 nitrogen and oxygen atoms in total. The van der Waals surface area contributed by atoms with Gasteiger partial charge < -0.3 is 0 Å². The lowest BCUT2D eigenvalue weighted by molar-refractivity contribution is 0.680. The second-order valence-electron chi connectivity index (χ2n) is 2.84. The summed E-state index contributed by atoms with van der Waals surface area (Å²) in [5.41, 5.74) is 0.322. The molecule has 2 aromatic rings. The fourth-order valence-corrected chi connectivity index (χ4v) is 1.66. The number of hydrogen-bond acceptors (Lipinski definition) is 3. The van der Waals surface area contributed by atoms with Crippen molar-refractivity contribution >= 4 is 21.7 Å². The van der Waals surface area contributed by atoms with Gasteiger partial charge >= 0.3 is 0 Å². The van der Waals surface area contributed by atoms with Crippen molar-refractivity contribution in [1.29, 1.82) is 0 Å². The van der Waals surface area contributed by atoms with Crippen LogP contribution in [0.2, 0.25) is 0 Å². The van der Waals surface area contributed by atoms with Gasteiger partial charge in [-0.1, -0.05) is 12.1 Å². The minimum Gasteiger partial charge on any atom is -0.299 e. The molecule has 1 N–H and O–H groups in total. The van der Waals surface area contributed by atoms with Crippen molar-refractivity contribution in [1.82, 2.24) is 9.97 Å². The number of nitrogens with zero attached hydrogens (tertiary/aromatic N) is 1. The van der Waals surface area contributed by atoms with Gasteiger partial charge in [-0.25, -0.2) is 4.98 Å². The predicted molar refractivity (Wildman–Crippen MR) is 54.7 cm³/mol. The molecule has 0 saturated carbocycles. The number of aromatic amines is 1. The molecule has 0 aliphatic rings. The molecule has 0 radical (unpaired) electrons. The first-order valence-corrected chi connectivity index (χ1v) is 5.57. The van der Waals surface area contributed by atoms with Gasteiger partial charge in [0.05, 0.1) is 21.7 Å². The van der Waals surface area contributed by atoms with E-state index in [1.54, 1.807) is 24.3 Å². The number of rotatable bonds is 1. The zero-order valence-electron chi connectivity index (χ0n) is 7.48. The Balaban J connectivity index is 2.86. The van der Waals surface area contributed by atoms with Gasteiger partial charge in [0, 0.05) is 6.26 Å². The Morgan fingerprint density at radius 3 is 2.79 bits per heavy atom. The van der Waals surface area contributed by atoms with Crippen molar-refractivity contribution in [2.45, 2.75) is 5.16 Å². The largest absolute Gasteiger partial charge is 0.299 e. The number of hydrogen-bond donors (Lipinski definition) is 1. The summed E-state index contributed by atoms with van der Waals surface area (Å²) in [6.07, 6.45) is 1.48. The van der Waals surface area contributed by atoms with Crippen molar-refractivity contribution in [3.05, 3.63) is 34.6 Å². The van der Waals surface area contributed by atoms with Gasteiger partial charge in [0.15, 0.2) is 5.16 Å². The maximum atomic E-state index is 11.5. The molecule has 0 saturated heterocycles. The standard InChI is InChI=1S/C9H8N2O2S/c1-14(13)9-10-7-5-3-2-4-6(7)8(12)11-9/h2-5H,1H3,(H,10,11,12). The van der Waals surface area contributed by atoms with Crippen LogP contribution in [-0.2, 0) is 10.8 Å². The van der Waals surface area contributed by atoms with E-state index < -0.39 is 10.8 Å². The number of benzene rings is 1. The summed E-state index contributed by atoms with van der Waals surface area (Å²) in [5.74, 6) is 0. The van der Waals surface area contributed by atoms with Crippen molar-refractivity contribution in [2.24, 2.45) is 0 Å². The van der Waals surface area contributed by atoms with Gasteiger partial charge in [0.1, 0.15) is 0 Å². The molecule has 0 aliphatic carbocycles.